The maximum absolute atomic E-state index is 12.9. The van der Waals surface area contributed by atoms with Gasteiger partial charge < -0.3 is 30.0 Å². The average Bonchev–Trinajstić information content (AvgIpc) is 3.55. The molecular weight excluding hydrogens is 626 g/mol. The molecule has 0 atom stereocenters. The van der Waals surface area contributed by atoms with Gasteiger partial charge in [-0.3, -0.25) is 4.90 Å². The molecule has 0 aliphatic carbocycles. The number of ether oxygens (including phenoxy) is 1. The number of benzene rings is 4. The topological polar surface area (TPSA) is 108 Å². The number of fused-ring (bicyclic) bond motifs is 1. The maximum Gasteiger partial charge on any atom is 0.323 e. The molecule has 1 aliphatic heterocycles. The molecular formula is C40H41N7O3. The summed E-state index contributed by atoms with van der Waals surface area (Å²) in [6.07, 6.45) is 2.28. The number of furan rings is 1. The van der Waals surface area contributed by atoms with Crippen molar-refractivity contribution in [1.82, 2.24) is 19.8 Å². The maximum atomic E-state index is 12.9. The summed E-state index contributed by atoms with van der Waals surface area (Å²) in [5, 5.41) is 10.2. The summed E-state index contributed by atoms with van der Waals surface area (Å²) in [7, 11) is 2.15. The number of carbonyl (C=O) groups excluding carboxylic acids is 1. The van der Waals surface area contributed by atoms with Crippen LogP contribution in [0.15, 0.2) is 120 Å². The zero-order chi connectivity index (χ0) is 34.1. The highest BCUT2D eigenvalue weighted by atomic mass is 16.5. The second-order valence-electron chi connectivity index (χ2n) is 12.4. The number of piperazine rings is 1. The molecule has 2 amide bonds. The van der Waals surface area contributed by atoms with Gasteiger partial charge in [0, 0.05) is 56.1 Å². The minimum absolute atomic E-state index is 0.327. The van der Waals surface area contributed by atoms with Crippen LogP contribution in [-0.2, 0) is 6.42 Å². The molecule has 2 aromatic heterocycles. The van der Waals surface area contributed by atoms with Crippen LogP contribution >= 0.6 is 0 Å². The van der Waals surface area contributed by atoms with E-state index in [9.17, 15) is 4.79 Å². The smallest absolute Gasteiger partial charge is 0.323 e. The molecule has 1 aliphatic rings. The van der Waals surface area contributed by atoms with Gasteiger partial charge in [0.2, 0.25) is 5.71 Å². The number of para-hydroxylation sites is 2. The third-order valence-electron chi connectivity index (χ3n) is 8.90. The lowest BCUT2D eigenvalue weighted by Crippen LogP contribution is -2.45. The van der Waals surface area contributed by atoms with Crippen molar-refractivity contribution in [3.8, 4) is 28.2 Å². The van der Waals surface area contributed by atoms with Crippen molar-refractivity contribution in [2.24, 2.45) is 0 Å². The summed E-state index contributed by atoms with van der Waals surface area (Å²) in [6.45, 7) is 6.28. The number of anilines is 3. The van der Waals surface area contributed by atoms with E-state index in [1.165, 1.54) is 6.33 Å². The van der Waals surface area contributed by atoms with Gasteiger partial charge in [-0.1, -0.05) is 84.9 Å². The largest absolute Gasteiger partial charge is 0.490 e. The molecule has 0 unspecified atom stereocenters. The van der Waals surface area contributed by atoms with E-state index in [1.54, 1.807) is 0 Å². The SMILES string of the molecule is CN1CCN(CCOc2ccccc2NC(=O)Nc2ccc(CCNc3ncnc4oc(-c5ccccc5)c(-c5ccccc5)c34)cc2)CC1. The molecule has 0 radical (unpaired) electrons. The van der Waals surface area contributed by atoms with E-state index in [0.29, 0.717) is 36.0 Å². The van der Waals surface area contributed by atoms with Crippen LogP contribution in [0.1, 0.15) is 5.56 Å². The van der Waals surface area contributed by atoms with Crippen molar-refractivity contribution in [3.05, 3.63) is 121 Å². The lowest BCUT2D eigenvalue weighted by Gasteiger charge is -2.32. The number of amides is 2. The highest BCUT2D eigenvalue weighted by Gasteiger charge is 2.22. The van der Waals surface area contributed by atoms with Gasteiger partial charge in [-0.25, -0.2) is 14.8 Å². The van der Waals surface area contributed by atoms with Gasteiger partial charge in [0.05, 0.1) is 11.1 Å². The highest BCUT2D eigenvalue weighted by Crippen LogP contribution is 2.42. The van der Waals surface area contributed by atoms with Gasteiger partial charge in [-0.2, -0.15) is 0 Å². The lowest BCUT2D eigenvalue weighted by molar-refractivity contribution is 0.134. The lowest BCUT2D eigenvalue weighted by atomic mass is 9.99. The number of nitrogens with zero attached hydrogens (tertiary/aromatic N) is 4. The first-order chi connectivity index (χ1) is 24.6. The van der Waals surface area contributed by atoms with E-state index in [1.807, 2.05) is 97.1 Å². The normalized spacial score (nSPS) is 13.6. The minimum Gasteiger partial charge on any atom is -0.490 e. The van der Waals surface area contributed by atoms with E-state index in [0.717, 1.165) is 78.4 Å². The molecule has 0 spiro atoms. The first kappa shape index (κ1) is 32.8. The molecule has 3 N–H and O–H groups in total. The number of aromatic nitrogens is 2. The van der Waals surface area contributed by atoms with Crippen molar-refractivity contribution in [2.45, 2.75) is 6.42 Å². The van der Waals surface area contributed by atoms with Gasteiger partial charge >= 0.3 is 6.03 Å². The van der Waals surface area contributed by atoms with E-state index in [-0.39, 0.29) is 6.03 Å². The molecule has 6 aromatic rings. The quantitative estimate of drug-likeness (QED) is 0.123. The fourth-order valence-corrected chi connectivity index (χ4v) is 6.16. The van der Waals surface area contributed by atoms with Crippen molar-refractivity contribution in [1.29, 1.82) is 0 Å². The van der Waals surface area contributed by atoms with E-state index in [2.05, 4.69) is 54.9 Å². The number of rotatable bonds is 12. The van der Waals surface area contributed by atoms with Crippen LogP contribution in [0.2, 0.25) is 0 Å². The van der Waals surface area contributed by atoms with Crippen LogP contribution in [0.5, 0.6) is 5.75 Å². The number of carbonyl (C=O) groups is 1. The molecule has 10 nitrogen and oxygen atoms in total. The standard InChI is InChI=1S/C40H41N7O3/c1-46-22-24-47(25-23-46)26-27-49-34-15-9-8-14-33(34)45-40(48)44-32-18-16-29(17-19-32)20-21-41-38-36-35(30-10-4-2-5-11-30)37(31-12-6-3-7-13-31)50-39(36)43-28-42-38/h2-19,28H,20-27H2,1H3,(H,41,42,43)(H2,44,45,48). The summed E-state index contributed by atoms with van der Waals surface area (Å²) in [5.74, 6) is 2.14. The first-order valence-electron chi connectivity index (χ1n) is 17.0. The number of hydrogen-bond acceptors (Lipinski definition) is 8. The summed E-state index contributed by atoms with van der Waals surface area (Å²) in [5.41, 5.74) is 5.96. The second-order valence-corrected chi connectivity index (χ2v) is 12.4. The molecule has 10 heteroatoms. The van der Waals surface area contributed by atoms with Crippen molar-refractivity contribution < 1.29 is 13.9 Å². The molecule has 254 valence electrons. The monoisotopic (exact) mass is 667 g/mol. The fourth-order valence-electron chi connectivity index (χ4n) is 6.16. The fraction of sp³-hybridized carbons (Fsp3) is 0.225. The van der Waals surface area contributed by atoms with Crippen LogP contribution in [0.25, 0.3) is 33.6 Å². The highest BCUT2D eigenvalue weighted by molar-refractivity contribution is 6.06. The molecule has 4 aromatic carbocycles. The molecule has 3 heterocycles. The zero-order valence-corrected chi connectivity index (χ0v) is 28.1. The van der Waals surface area contributed by atoms with Gasteiger partial charge in [0.1, 0.15) is 30.3 Å². The Bertz CT molecular complexity index is 2010. The molecule has 1 saturated heterocycles. The number of hydrogen-bond donors (Lipinski definition) is 3. The molecule has 0 saturated carbocycles. The third-order valence-corrected chi connectivity index (χ3v) is 8.90. The molecule has 0 bridgehead atoms. The van der Waals surface area contributed by atoms with E-state index < -0.39 is 0 Å². The van der Waals surface area contributed by atoms with Crippen LogP contribution in [0, 0.1) is 0 Å². The average molecular weight is 668 g/mol. The summed E-state index contributed by atoms with van der Waals surface area (Å²) in [6, 6.07) is 35.3. The van der Waals surface area contributed by atoms with Crippen LogP contribution in [0.4, 0.5) is 22.0 Å². The van der Waals surface area contributed by atoms with Crippen LogP contribution in [0.3, 0.4) is 0 Å². The Balaban J connectivity index is 0.957. The predicted molar refractivity (Wildman–Crippen MR) is 200 cm³/mol. The summed E-state index contributed by atoms with van der Waals surface area (Å²) >= 11 is 0. The Labute approximate surface area is 292 Å². The Morgan fingerprint density at radius 1 is 0.800 bits per heavy atom. The van der Waals surface area contributed by atoms with Crippen LogP contribution < -0.4 is 20.7 Å². The third kappa shape index (κ3) is 7.94. The number of nitrogens with one attached hydrogen (secondary N) is 3. The second kappa shape index (κ2) is 15.7. The van der Waals surface area contributed by atoms with Gasteiger partial charge in [-0.15, -0.1) is 0 Å². The van der Waals surface area contributed by atoms with Crippen molar-refractivity contribution in [2.75, 3.05) is 68.9 Å². The zero-order valence-electron chi connectivity index (χ0n) is 28.1. The molecule has 7 rings (SSSR count). The molecule has 1 fully saturated rings. The summed E-state index contributed by atoms with van der Waals surface area (Å²) in [4.78, 5) is 26.7. The minimum atomic E-state index is -0.327. The summed E-state index contributed by atoms with van der Waals surface area (Å²) < 4.78 is 12.4. The van der Waals surface area contributed by atoms with Gasteiger partial charge in [0.15, 0.2) is 0 Å². The van der Waals surface area contributed by atoms with E-state index >= 15 is 0 Å². The first-order valence-corrected chi connectivity index (χ1v) is 17.0. The number of urea groups is 1. The van der Waals surface area contributed by atoms with Crippen LogP contribution in [-0.4, -0.2) is 78.7 Å². The Hall–Kier alpha value is -5.71. The van der Waals surface area contributed by atoms with E-state index in [4.69, 9.17) is 9.15 Å². The predicted octanol–water partition coefficient (Wildman–Crippen LogP) is 7.48. The molecule has 50 heavy (non-hydrogen) atoms. The van der Waals surface area contributed by atoms with Crippen molar-refractivity contribution >= 4 is 34.3 Å². The van der Waals surface area contributed by atoms with Gasteiger partial charge in [-0.05, 0) is 48.9 Å². The Kier molecular flexibility index (Phi) is 10.3. The Morgan fingerprint density at radius 3 is 2.26 bits per heavy atom. The number of likely N-dealkylation sites (N-methyl/N-ethyl adjacent to an activating group) is 1. The van der Waals surface area contributed by atoms with Crippen molar-refractivity contribution in [3.63, 3.8) is 0 Å². The van der Waals surface area contributed by atoms with Gasteiger partial charge in [0.25, 0.3) is 0 Å². The Morgan fingerprint density at radius 2 is 1.50 bits per heavy atom.